The van der Waals surface area contributed by atoms with Crippen LogP contribution in [0.5, 0.6) is 5.75 Å². The van der Waals surface area contributed by atoms with Crippen LogP contribution in [0.3, 0.4) is 0 Å². The van der Waals surface area contributed by atoms with Crippen molar-refractivity contribution in [2.75, 3.05) is 13.2 Å². The lowest BCUT2D eigenvalue weighted by Gasteiger charge is -2.09. The standard InChI is InChI=1S/C15H18N2O/c1-2-3-4-7-11-17-13-14-8-5-6-9-15(14)18-12-10-16/h1,5-6,8-9,17H,3-4,7,11-13H2. The van der Waals surface area contributed by atoms with Gasteiger partial charge in [0.05, 0.1) is 0 Å². The molecule has 1 rings (SSSR count). The van der Waals surface area contributed by atoms with Gasteiger partial charge in [0.15, 0.2) is 6.61 Å². The van der Waals surface area contributed by atoms with Gasteiger partial charge in [-0.05, 0) is 25.5 Å². The maximum atomic E-state index is 8.51. The molecule has 3 heteroatoms. The molecule has 0 saturated carbocycles. The quantitative estimate of drug-likeness (QED) is 0.562. The van der Waals surface area contributed by atoms with E-state index in [1.54, 1.807) is 0 Å². The van der Waals surface area contributed by atoms with Crippen molar-refractivity contribution in [2.45, 2.75) is 25.8 Å². The normalized spacial score (nSPS) is 9.44. The van der Waals surface area contributed by atoms with E-state index in [4.69, 9.17) is 16.4 Å². The molecule has 0 aliphatic rings. The van der Waals surface area contributed by atoms with Crippen LogP contribution in [0.1, 0.15) is 24.8 Å². The van der Waals surface area contributed by atoms with Gasteiger partial charge in [0, 0.05) is 18.5 Å². The largest absolute Gasteiger partial charge is 0.478 e. The third-order valence-corrected chi connectivity index (χ3v) is 2.50. The van der Waals surface area contributed by atoms with Gasteiger partial charge in [-0.3, -0.25) is 0 Å². The van der Waals surface area contributed by atoms with Crippen molar-refractivity contribution in [1.82, 2.24) is 5.32 Å². The molecule has 0 amide bonds. The number of nitrogens with zero attached hydrogens (tertiary/aromatic N) is 1. The van der Waals surface area contributed by atoms with Gasteiger partial charge in [-0.15, -0.1) is 12.3 Å². The number of hydrogen-bond donors (Lipinski definition) is 1. The lowest BCUT2D eigenvalue weighted by atomic mass is 10.2. The summed E-state index contributed by atoms with van der Waals surface area (Å²) in [4.78, 5) is 0. The van der Waals surface area contributed by atoms with Crippen LogP contribution in [-0.2, 0) is 6.54 Å². The van der Waals surface area contributed by atoms with Crippen molar-refractivity contribution in [2.24, 2.45) is 0 Å². The summed E-state index contributed by atoms with van der Waals surface area (Å²) in [7, 11) is 0. The number of para-hydroxylation sites is 1. The maximum absolute atomic E-state index is 8.51. The maximum Gasteiger partial charge on any atom is 0.174 e. The first kappa shape index (κ1) is 14.1. The van der Waals surface area contributed by atoms with Gasteiger partial charge in [0.1, 0.15) is 11.8 Å². The van der Waals surface area contributed by atoms with Crippen LogP contribution in [0.2, 0.25) is 0 Å². The van der Waals surface area contributed by atoms with Crippen LogP contribution in [-0.4, -0.2) is 13.2 Å². The lowest BCUT2D eigenvalue weighted by Crippen LogP contribution is -2.15. The van der Waals surface area contributed by atoms with Crippen LogP contribution in [0.15, 0.2) is 24.3 Å². The zero-order valence-corrected chi connectivity index (χ0v) is 10.5. The zero-order valence-electron chi connectivity index (χ0n) is 10.5. The zero-order chi connectivity index (χ0) is 13.1. The minimum Gasteiger partial charge on any atom is -0.478 e. The molecule has 18 heavy (non-hydrogen) atoms. The molecule has 0 heterocycles. The number of terminal acetylenes is 1. The first-order valence-electron chi connectivity index (χ1n) is 6.10. The van der Waals surface area contributed by atoms with Crippen molar-refractivity contribution < 1.29 is 4.74 Å². The van der Waals surface area contributed by atoms with Crippen molar-refractivity contribution in [3.8, 4) is 24.2 Å². The summed E-state index contributed by atoms with van der Waals surface area (Å²) in [6.07, 6.45) is 8.15. The van der Waals surface area contributed by atoms with Gasteiger partial charge in [-0.1, -0.05) is 18.2 Å². The second-order valence-electron chi connectivity index (χ2n) is 3.89. The molecule has 0 unspecified atom stereocenters. The SMILES string of the molecule is C#CCCCCNCc1ccccc1OCC#N. The number of unbranched alkanes of at least 4 members (excludes halogenated alkanes) is 2. The smallest absolute Gasteiger partial charge is 0.174 e. The molecular weight excluding hydrogens is 224 g/mol. The fraction of sp³-hybridized carbons (Fsp3) is 0.400. The van der Waals surface area contributed by atoms with Gasteiger partial charge in [0.2, 0.25) is 0 Å². The van der Waals surface area contributed by atoms with Crippen molar-refractivity contribution in [3.63, 3.8) is 0 Å². The highest BCUT2D eigenvalue weighted by molar-refractivity contribution is 5.33. The fourth-order valence-corrected chi connectivity index (χ4v) is 1.60. The number of rotatable bonds is 8. The molecule has 0 radical (unpaired) electrons. The van der Waals surface area contributed by atoms with Crippen molar-refractivity contribution in [3.05, 3.63) is 29.8 Å². The molecule has 1 aromatic rings. The number of nitriles is 1. The van der Waals surface area contributed by atoms with Crippen LogP contribution >= 0.6 is 0 Å². The molecule has 0 atom stereocenters. The Hall–Kier alpha value is -1.97. The van der Waals surface area contributed by atoms with E-state index >= 15 is 0 Å². The van der Waals surface area contributed by atoms with E-state index in [9.17, 15) is 0 Å². The summed E-state index contributed by atoms with van der Waals surface area (Å²) in [5.41, 5.74) is 1.07. The topological polar surface area (TPSA) is 45.0 Å². The summed E-state index contributed by atoms with van der Waals surface area (Å²) in [5.74, 6) is 3.40. The Balaban J connectivity index is 2.33. The van der Waals surface area contributed by atoms with Gasteiger partial charge in [0.25, 0.3) is 0 Å². The molecule has 1 N–H and O–H groups in total. The first-order chi connectivity index (χ1) is 8.88. The summed E-state index contributed by atoms with van der Waals surface area (Å²) in [5, 5.41) is 11.9. The summed E-state index contributed by atoms with van der Waals surface area (Å²) in [6.45, 7) is 1.77. The third kappa shape index (κ3) is 5.39. The molecule has 0 spiro atoms. The first-order valence-corrected chi connectivity index (χ1v) is 6.10. The Labute approximate surface area is 109 Å². The number of ether oxygens (including phenoxy) is 1. The molecule has 0 aliphatic heterocycles. The van der Waals surface area contributed by atoms with Gasteiger partial charge in [-0.2, -0.15) is 5.26 Å². The van der Waals surface area contributed by atoms with E-state index in [2.05, 4.69) is 11.2 Å². The highest BCUT2D eigenvalue weighted by Crippen LogP contribution is 2.17. The summed E-state index contributed by atoms with van der Waals surface area (Å²) in [6, 6.07) is 9.73. The number of benzene rings is 1. The molecule has 1 aromatic carbocycles. The Morgan fingerprint density at radius 2 is 2.11 bits per heavy atom. The molecule has 0 saturated heterocycles. The molecule has 94 valence electrons. The van der Waals surface area contributed by atoms with Crippen LogP contribution in [0.4, 0.5) is 0 Å². The van der Waals surface area contributed by atoms with Gasteiger partial charge in [-0.25, -0.2) is 0 Å². The van der Waals surface area contributed by atoms with Gasteiger partial charge >= 0.3 is 0 Å². The minimum atomic E-state index is 0.0825. The Morgan fingerprint density at radius 1 is 1.28 bits per heavy atom. The summed E-state index contributed by atoms with van der Waals surface area (Å²) < 4.78 is 5.35. The second kappa shape index (κ2) is 9.10. The lowest BCUT2D eigenvalue weighted by molar-refractivity contribution is 0.362. The molecule has 0 bridgehead atoms. The van der Waals surface area contributed by atoms with E-state index in [0.717, 1.165) is 43.7 Å². The van der Waals surface area contributed by atoms with Crippen LogP contribution < -0.4 is 10.1 Å². The average molecular weight is 242 g/mol. The number of nitrogens with one attached hydrogen (secondary N) is 1. The predicted molar refractivity (Wildman–Crippen MR) is 71.9 cm³/mol. The summed E-state index contributed by atoms with van der Waals surface area (Å²) >= 11 is 0. The minimum absolute atomic E-state index is 0.0825. The number of hydrogen-bond acceptors (Lipinski definition) is 3. The highest BCUT2D eigenvalue weighted by Gasteiger charge is 2.01. The average Bonchev–Trinajstić information content (AvgIpc) is 2.41. The van der Waals surface area contributed by atoms with E-state index in [0.29, 0.717) is 0 Å². The molecule has 3 nitrogen and oxygen atoms in total. The van der Waals surface area contributed by atoms with Crippen LogP contribution in [0, 0.1) is 23.7 Å². The Morgan fingerprint density at radius 3 is 2.89 bits per heavy atom. The van der Waals surface area contributed by atoms with E-state index in [1.807, 2.05) is 30.3 Å². The predicted octanol–water partition coefficient (Wildman–Crippen LogP) is 2.48. The Bertz CT molecular complexity index is 429. The molecular formula is C15H18N2O. The fourth-order valence-electron chi connectivity index (χ4n) is 1.60. The molecule has 0 aliphatic carbocycles. The van der Waals surface area contributed by atoms with E-state index in [1.165, 1.54) is 0 Å². The van der Waals surface area contributed by atoms with E-state index in [-0.39, 0.29) is 6.61 Å². The Kier molecular flexibility index (Phi) is 7.13. The molecule has 0 aromatic heterocycles. The van der Waals surface area contributed by atoms with Crippen LogP contribution in [0.25, 0.3) is 0 Å². The third-order valence-electron chi connectivity index (χ3n) is 2.50. The van der Waals surface area contributed by atoms with E-state index < -0.39 is 0 Å². The van der Waals surface area contributed by atoms with Crippen molar-refractivity contribution in [1.29, 1.82) is 5.26 Å². The second-order valence-corrected chi connectivity index (χ2v) is 3.89. The van der Waals surface area contributed by atoms with Gasteiger partial charge < -0.3 is 10.1 Å². The highest BCUT2D eigenvalue weighted by atomic mass is 16.5. The monoisotopic (exact) mass is 242 g/mol. The van der Waals surface area contributed by atoms with Crippen molar-refractivity contribution >= 4 is 0 Å². The molecule has 0 fully saturated rings.